The van der Waals surface area contributed by atoms with Crippen LogP contribution in [0.2, 0.25) is 0 Å². The van der Waals surface area contributed by atoms with Gasteiger partial charge in [0.1, 0.15) is 13.2 Å². The third-order valence-corrected chi connectivity index (χ3v) is 15.7. The summed E-state index contributed by atoms with van der Waals surface area (Å²) in [5.74, 6) is -0.867. The van der Waals surface area contributed by atoms with Crippen molar-refractivity contribution in [2.24, 2.45) is 0 Å². The number of carbonyl (C=O) groups excluding carboxylic acids is 3. The summed E-state index contributed by atoms with van der Waals surface area (Å²) in [7, 11) is 0. The van der Waals surface area contributed by atoms with Crippen molar-refractivity contribution in [1.29, 1.82) is 0 Å². The van der Waals surface area contributed by atoms with Gasteiger partial charge in [0.25, 0.3) is 0 Å². The van der Waals surface area contributed by atoms with E-state index in [0.29, 0.717) is 19.3 Å². The highest BCUT2D eigenvalue weighted by atomic mass is 16.6. The molecule has 1 atom stereocenters. The van der Waals surface area contributed by atoms with Crippen LogP contribution in [0.5, 0.6) is 0 Å². The van der Waals surface area contributed by atoms with E-state index in [0.717, 1.165) is 103 Å². The Bertz CT molecular complexity index is 1490. The van der Waals surface area contributed by atoms with Gasteiger partial charge in [-0.1, -0.05) is 331 Å². The quantitative estimate of drug-likeness (QED) is 0.0261. The molecular formula is C75H134O6. The molecule has 0 aliphatic carbocycles. The fourth-order valence-electron chi connectivity index (χ4n) is 10.4. The number of esters is 3. The molecule has 6 heteroatoms. The third kappa shape index (κ3) is 67.5. The molecule has 0 fully saturated rings. The Morgan fingerprint density at radius 1 is 0.259 bits per heavy atom. The van der Waals surface area contributed by atoms with Crippen molar-refractivity contribution in [1.82, 2.24) is 0 Å². The van der Waals surface area contributed by atoms with Crippen LogP contribution in [0.1, 0.15) is 367 Å². The number of carbonyl (C=O) groups is 3. The zero-order valence-corrected chi connectivity index (χ0v) is 54.1. The van der Waals surface area contributed by atoms with Gasteiger partial charge < -0.3 is 14.2 Å². The van der Waals surface area contributed by atoms with Gasteiger partial charge in [-0.15, -0.1) is 0 Å². The van der Waals surface area contributed by atoms with Crippen LogP contribution >= 0.6 is 0 Å². The lowest BCUT2D eigenvalue weighted by atomic mass is 10.0. The molecule has 0 N–H and O–H groups in total. The molecule has 0 radical (unpaired) electrons. The molecule has 470 valence electrons. The molecule has 1 unspecified atom stereocenters. The molecule has 0 saturated heterocycles. The molecule has 0 aromatic carbocycles. The second-order valence-corrected chi connectivity index (χ2v) is 23.8. The van der Waals surface area contributed by atoms with E-state index in [1.807, 2.05) is 0 Å². The van der Waals surface area contributed by atoms with Crippen LogP contribution in [0.15, 0.2) is 72.9 Å². The molecular weight excluding hydrogens is 997 g/mol. The Balaban J connectivity index is 4.28. The average molecular weight is 1130 g/mol. The third-order valence-electron chi connectivity index (χ3n) is 15.7. The van der Waals surface area contributed by atoms with Crippen LogP contribution in [0, 0.1) is 0 Å². The summed E-state index contributed by atoms with van der Waals surface area (Å²) in [6, 6.07) is 0. The number of hydrogen-bond donors (Lipinski definition) is 0. The second kappa shape index (κ2) is 69.3. The summed E-state index contributed by atoms with van der Waals surface area (Å²) in [5.41, 5.74) is 0. The standard InChI is InChI=1S/C75H134O6/c1-4-7-10-13-16-19-22-25-28-30-32-34-35-36-37-38-39-41-42-44-47-50-53-56-59-62-65-68-74(77)80-71-72(70-79-73(76)67-64-61-58-55-52-49-46-27-24-21-18-15-12-9-6-3)81-75(78)69-66-63-60-57-54-51-48-45-43-40-33-31-29-26-23-20-17-14-11-8-5-2/h7,10,16,18-19,21,25,27-28,32,34,46,72H,4-6,8-9,11-15,17,20,22-24,26,29-31,33,35-45,47-71H2,1-3H3/b10-7-,19-16-,21-18-,28-25-,34-32-,46-27-. The SMILES string of the molecule is CC/C=C\C/C=C\C/C=C\C/C=C\CCCCCCCCCCCCCCCCC(=O)OCC(COC(=O)CCCCCCC/C=C\C/C=C\CCCCC)OC(=O)CCCCCCCCCCCCCCCCCCCCCCC. The normalized spacial score (nSPS) is 12.5. The first-order chi connectivity index (χ1) is 40.0. The zero-order valence-electron chi connectivity index (χ0n) is 54.1. The monoisotopic (exact) mass is 1130 g/mol. The maximum absolute atomic E-state index is 13.0. The summed E-state index contributed by atoms with van der Waals surface area (Å²) in [4.78, 5) is 38.5. The fraction of sp³-hybridized carbons (Fsp3) is 0.800. The van der Waals surface area contributed by atoms with Crippen molar-refractivity contribution in [2.45, 2.75) is 374 Å². The maximum atomic E-state index is 13.0. The lowest BCUT2D eigenvalue weighted by Crippen LogP contribution is -2.30. The number of rotatable bonds is 65. The molecule has 0 aliphatic heterocycles. The van der Waals surface area contributed by atoms with Gasteiger partial charge in [0, 0.05) is 19.3 Å². The van der Waals surface area contributed by atoms with Crippen molar-refractivity contribution < 1.29 is 28.6 Å². The summed E-state index contributed by atoms with van der Waals surface area (Å²) in [6.45, 7) is 6.55. The topological polar surface area (TPSA) is 78.9 Å². The molecule has 81 heavy (non-hydrogen) atoms. The highest BCUT2D eigenvalue weighted by Crippen LogP contribution is 2.18. The van der Waals surface area contributed by atoms with Crippen LogP contribution in [0.4, 0.5) is 0 Å². The van der Waals surface area contributed by atoms with E-state index >= 15 is 0 Å². The lowest BCUT2D eigenvalue weighted by molar-refractivity contribution is -0.167. The maximum Gasteiger partial charge on any atom is 0.306 e. The van der Waals surface area contributed by atoms with Crippen LogP contribution < -0.4 is 0 Å². The number of unbranched alkanes of at least 4 members (excludes halogenated alkanes) is 42. The first-order valence-electron chi connectivity index (χ1n) is 35.4. The van der Waals surface area contributed by atoms with Crippen molar-refractivity contribution in [3.05, 3.63) is 72.9 Å². The smallest absolute Gasteiger partial charge is 0.306 e. The second-order valence-electron chi connectivity index (χ2n) is 23.8. The highest BCUT2D eigenvalue weighted by molar-refractivity contribution is 5.71. The minimum Gasteiger partial charge on any atom is -0.462 e. The molecule has 0 saturated carbocycles. The molecule has 0 heterocycles. The predicted molar refractivity (Wildman–Crippen MR) is 353 cm³/mol. The summed E-state index contributed by atoms with van der Waals surface area (Å²) in [5, 5.41) is 0. The predicted octanol–water partition coefficient (Wildman–Crippen LogP) is 24.4. The summed E-state index contributed by atoms with van der Waals surface area (Å²) < 4.78 is 17.0. The van der Waals surface area contributed by atoms with Crippen molar-refractivity contribution >= 4 is 17.9 Å². The van der Waals surface area contributed by atoms with Crippen LogP contribution in [-0.4, -0.2) is 37.2 Å². The van der Waals surface area contributed by atoms with Crippen LogP contribution in [0.3, 0.4) is 0 Å². The van der Waals surface area contributed by atoms with E-state index in [1.54, 1.807) is 0 Å². The minimum atomic E-state index is -0.781. The fourth-order valence-corrected chi connectivity index (χ4v) is 10.4. The van der Waals surface area contributed by atoms with Gasteiger partial charge in [-0.25, -0.2) is 0 Å². The average Bonchev–Trinajstić information content (AvgIpc) is 3.47. The van der Waals surface area contributed by atoms with Gasteiger partial charge >= 0.3 is 17.9 Å². The minimum absolute atomic E-state index is 0.0759. The first-order valence-corrected chi connectivity index (χ1v) is 35.4. The Labute approximate surface area is 503 Å². The van der Waals surface area contributed by atoms with Crippen LogP contribution in [-0.2, 0) is 28.6 Å². The molecule has 0 rings (SSSR count). The molecule has 0 aromatic heterocycles. The van der Waals surface area contributed by atoms with E-state index < -0.39 is 6.10 Å². The van der Waals surface area contributed by atoms with Crippen molar-refractivity contribution in [2.75, 3.05) is 13.2 Å². The van der Waals surface area contributed by atoms with Crippen molar-refractivity contribution in [3.8, 4) is 0 Å². The number of hydrogen-bond acceptors (Lipinski definition) is 6. The Morgan fingerprint density at radius 3 is 0.778 bits per heavy atom. The molecule has 0 spiro atoms. The largest absolute Gasteiger partial charge is 0.462 e. The molecule has 0 aromatic rings. The van der Waals surface area contributed by atoms with Gasteiger partial charge in [0.05, 0.1) is 0 Å². The lowest BCUT2D eigenvalue weighted by Gasteiger charge is -2.18. The Morgan fingerprint density at radius 2 is 0.481 bits per heavy atom. The van der Waals surface area contributed by atoms with E-state index in [9.17, 15) is 14.4 Å². The van der Waals surface area contributed by atoms with Gasteiger partial charge in [-0.2, -0.15) is 0 Å². The van der Waals surface area contributed by atoms with Crippen molar-refractivity contribution in [3.63, 3.8) is 0 Å². The van der Waals surface area contributed by atoms with Gasteiger partial charge in [-0.3, -0.25) is 14.4 Å². The number of ether oxygens (including phenoxy) is 3. The zero-order chi connectivity index (χ0) is 58.5. The van der Waals surface area contributed by atoms with Gasteiger partial charge in [-0.05, 0) is 89.9 Å². The van der Waals surface area contributed by atoms with E-state index in [4.69, 9.17) is 14.2 Å². The molecule has 0 amide bonds. The first kappa shape index (κ1) is 77.9. The Hall–Kier alpha value is -3.15. The molecule has 6 nitrogen and oxygen atoms in total. The van der Waals surface area contributed by atoms with Crippen LogP contribution in [0.25, 0.3) is 0 Å². The Kier molecular flexibility index (Phi) is 66.6. The van der Waals surface area contributed by atoms with E-state index in [2.05, 4.69) is 93.7 Å². The highest BCUT2D eigenvalue weighted by Gasteiger charge is 2.19. The molecule has 0 bridgehead atoms. The summed E-state index contributed by atoms with van der Waals surface area (Å²) in [6.07, 6.45) is 90.7. The summed E-state index contributed by atoms with van der Waals surface area (Å²) >= 11 is 0. The van der Waals surface area contributed by atoms with E-state index in [-0.39, 0.29) is 31.1 Å². The molecule has 0 aliphatic rings. The van der Waals surface area contributed by atoms with E-state index in [1.165, 1.54) is 225 Å². The van der Waals surface area contributed by atoms with Gasteiger partial charge in [0.15, 0.2) is 6.10 Å². The number of allylic oxidation sites excluding steroid dienone is 12. The van der Waals surface area contributed by atoms with Gasteiger partial charge in [0.2, 0.25) is 0 Å².